The van der Waals surface area contributed by atoms with E-state index in [1.807, 2.05) is 24.3 Å². The SMILES string of the molecule is O=C(O)C(S)=Cc1ccc(Br)cc1. The third kappa shape index (κ3) is 3.24. The van der Waals surface area contributed by atoms with Gasteiger partial charge in [0.25, 0.3) is 0 Å². The van der Waals surface area contributed by atoms with Crippen molar-refractivity contribution in [3.05, 3.63) is 39.2 Å². The van der Waals surface area contributed by atoms with Gasteiger partial charge in [0, 0.05) is 4.47 Å². The minimum Gasteiger partial charge on any atom is -0.477 e. The van der Waals surface area contributed by atoms with Crippen molar-refractivity contribution < 1.29 is 9.90 Å². The van der Waals surface area contributed by atoms with Crippen molar-refractivity contribution in [2.45, 2.75) is 0 Å². The molecule has 13 heavy (non-hydrogen) atoms. The first-order valence-electron chi connectivity index (χ1n) is 3.49. The molecule has 1 aromatic carbocycles. The maximum absolute atomic E-state index is 10.4. The van der Waals surface area contributed by atoms with E-state index in [-0.39, 0.29) is 4.91 Å². The summed E-state index contributed by atoms with van der Waals surface area (Å²) in [7, 11) is 0. The van der Waals surface area contributed by atoms with Crippen molar-refractivity contribution in [1.82, 2.24) is 0 Å². The molecule has 0 aliphatic rings. The summed E-state index contributed by atoms with van der Waals surface area (Å²) in [5.74, 6) is -1.02. The molecule has 0 spiro atoms. The lowest BCUT2D eigenvalue weighted by Gasteiger charge is -1.95. The van der Waals surface area contributed by atoms with Gasteiger partial charge in [0.2, 0.25) is 0 Å². The zero-order valence-electron chi connectivity index (χ0n) is 6.57. The van der Waals surface area contributed by atoms with Gasteiger partial charge in [-0.2, -0.15) is 0 Å². The molecule has 0 fully saturated rings. The largest absolute Gasteiger partial charge is 0.477 e. The monoisotopic (exact) mass is 258 g/mol. The fourth-order valence-corrected chi connectivity index (χ4v) is 1.19. The smallest absolute Gasteiger partial charge is 0.341 e. The van der Waals surface area contributed by atoms with Crippen LogP contribution in [0.3, 0.4) is 0 Å². The second kappa shape index (κ2) is 4.48. The van der Waals surface area contributed by atoms with E-state index >= 15 is 0 Å². The van der Waals surface area contributed by atoms with Crippen LogP contribution in [0.25, 0.3) is 6.08 Å². The van der Waals surface area contributed by atoms with Gasteiger partial charge in [-0.15, -0.1) is 12.6 Å². The summed E-state index contributed by atoms with van der Waals surface area (Å²) in [4.78, 5) is 10.4. The lowest BCUT2D eigenvalue weighted by Crippen LogP contribution is -1.92. The Bertz CT molecular complexity index is 343. The highest BCUT2D eigenvalue weighted by Gasteiger charge is 2.00. The average Bonchev–Trinajstić information content (AvgIpc) is 2.08. The Morgan fingerprint density at radius 2 is 1.92 bits per heavy atom. The van der Waals surface area contributed by atoms with E-state index in [9.17, 15) is 4.79 Å². The van der Waals surface area contributed by atoms with Crippen LogP contribution in [0.5, 0.6) is 0 Å². The number of hydrogen-bond donors (Lipinski definition) is 2. The maximum atomic E-state index is 10.4. The van der Waals surface area contributed by atoms with E-state index in [0.29, 0.717) is 0 Å². The second-order valence-corrected chi connectivity index (χ2v) is 3.78. The highest BCUT2D eigenvalue weighted by atomic mass is 79.9. The average molecular weight is 259 g/mol. The van der Waals surface area contributed by atoms with Gasteiger partial charge in [-0.3, -0.25) is 0 Å². The van der Waals surface area contributed by atoms with Crippen LogP contribution in [0.4, 0.5) is 0 Å². The molecule has 0 radical (unpaired) electrons. The Morgan fingerprint density at radius 1 is 1.38 bits per heavy atom. The van der Waals surface area contributed by atoms with Gasteiger partial charge >= 0.3 is 5.97 Å². The highest BCUT2D eigenvalue weighted by molar-refractivity contribution is 9.10. The zero-order valence-corrected chi connectivity index (χ0v) is 9.05. The zero-order chi connectivity index (χ0) is 9.84. The summed E-state index contributed by atoms with van der Waals surface area (Å²) in [5, 5.41) is 8.54. The van der Waals surface area contributed by atoms with Gasteiger partial charge in [-0.05, 0) is 23.8 Å². The van der Waals surface area contributed by atoms with Crippen molar-refractivity contribution in [3.63, 3.8) is 0 Å². The summed E-state index contributed by atoms with van der Waals surface area (Å²) in [6, 6.07) is 7.30. The summed E-state index contributed by atoms with van der Waals surface area (Å²) in [6.45, 7) is 0. The Balaban J connectivity index is 2.92. The third-order valence-electron chi connectivity index (χ3n) is 1.39. The molecule has 0 aliphatic carbocycles. The molecule has 4 heteroatoms. The number of rotatable bonds is 2. The number of aliphatic carboxylic acids is 1. The fourth-order valence-electron chi connectivity index (χ4n) is 0.779. The molecule has 0 saturated carbocycles. The molecule has 0 amide bonds. The molecule has 2 nitrogen and oxygen atoms in total. The van der Waals surface area contributed by atoms with Crippen molar-refractivity contribution in [2.24, 2.45) is 0 Å². The van der Waals surface area contributed by atoms with E-state index < -0.39 is 5.97 Å². The number of carboxylic acids is 1. The molecular formula is C9H7BrO2S. The molecule has 68 valence electrons. The van der Waals surface area contributed by atoms with Crippen LogP contribution in [0.15, 0.2) is 33.6 Å². The van der Waals surface area contributed by atoms with E-state index in [2.05, 4.69) is 28.6 Å². The van der Waals surface area contributed by atoms with Gasteiger partial charge in [-0.25, -0.2) is 4.79 Å². The van der Waals surface area contributed by atoms with Crippen LogP contribution in [0, 0.1) is 0 Å². The molecule has 0 saturated heterocycles. The highest BCUT2D eigenvalue weighted by Crippen LogP contribution is 2.14. The van der Waals surface area contributed by atoms with Crippen LogP contribution >= 0.6 is 28.6 Å². The standard InChI is InChI=1S/C9H7BrO2S/c10-7-3-1-6(2-4-7)5-8(13)9(11)12/h1-5,13H,(H,11,12). The van der Waals surface area contributed by atoms with Crippen molar-refractivity contribution >= 4 is 40.6 Å². The molecule has 0 bridgehead atoms. The molecule has 1 rings (SSSR count). The Labute approximate surface area is 89.8 Å². The Morgan fingerprint density at radius 3 is 2.38 bits per heavy atom. The number of carbonyl (C=O) groups is 1. The normalized spacial score (nSPS) is 11.4. The fraction of sp³-hybridized carbons (Fsp3) is 0. The first-order chi connectivity index (χ1) is 6.09. The molecular weight excluding hydrogens is 252 g/mol. The number of benzene rings is 1. The van der Waals surface area contributed by atoms with Crippen molar-refractivity contribution in [1.29, 1.82) is 0 Å². The van der Waals surface area contributed by atoms with Gasteiger partial charge in [-0.1, -0.05) is 28.1 Å². The molecule has 0 aliphatic heterocycles. The predicted octanol–water partition coefficient (Wildman–Crippen LogP) is 2.80. The third-order valence-corrected chi connectivity index (χ3v) is 2.24. The van der Waals surface area contributed by atoms with Gasteiger partial charge in [0.1, 0.15) is 0 Å². The molecule has 0 heterocycles. The van der Waals surface area contributed by atoms with Gasteiger partial charge in [0.05, 0.1) is 4.91 Å². The first-order valence-corrected chi connectivity index (χ1v) is 4.73. The first kappa shape index (κ1) is 10.3. The van der Waals surface area contributed by atoms with Crippen LogP contribution in [-0.4, -0.2) is 11.1 Å². The number of halogens is 1. The lowest BCUT2D eigenvalue weighted by molar-refractivity contribution is -0.131. The molecule has 0 aromatic heterocycles. The summed E-state index contributed by atoms with van der Waals surface area (Å²) in [5.41, 5.74) is 0.815. The number of thiol groups is 1. The van der Waals surface area contributed by atoms with E-state index in [1.165, 1.54) is 6.08 Å². The predicted molar refractivity (Wildman–Crippen MR) is 58.7 cm³/mol. The Kier molecular flexibility index (Phi) is 3.57. The van der Waals surface area contributed by atoms with E-state index in [4.69, 9.17) is 5.11 Å². The van der Waals surface area contributed by atoms with Gasteiger partial charge in [0.15, 0.2) is 0 Å². The molecule has 0 unspecified atom stereocenters. The quantitative estimate of drug-likeness (QED) is 0.633. The molecule has 0 atom stereocenters. The summed E-state index contributed by atoms with van der Waals surface area (Å²) in [6.07, 6.45) is 1.50. The maximum Gasteiger partial charge on any atom is 0.341 e. The minimum atomic E-state index is -1.02. The minimum absolute atomic E-state index is 0.0299. The van der Waals surface area contributed by atoms with Crippen LogP contribution in [0.1, 0.15) is 5.56 Å². The van der Waals surface area contributed by atoms with Crippen LogP contribution < -0.4 is 0 Å². The molecule has 1 N–H and O–H groups in total. The summed E-state index contributed by atoms with van der Waals surface area (Å²) >= 11 is 7.10. The van der Waals surface area contributed by atoms with Gasteiger partial charge < -0.3 is 5.11 Å². The second-order valence-electron chi connectivity index (χ2n) is 2.39. The topological polar surface area (TPSA) is 37.3 Å². The van der Waals surface area contributed by atoms with Crippen LogP contribution in [0.2, 0.25) is 0 Å². The van der Waals surface area contributed by atoms with Crippen LogP contribution in [-0.2, 0) is 4.79 Å². The number of hydrogen-bond acceptors (Lipinski definition) is 2. The lowest BCUT2D eigenvalue weighted by atomic mass is 10.2. The van der Waals surface area contributed by atoms with E-state index in [1.54, 1.807) is 0 Å². The van der Waals surface area contributed by atoms with Crippen molar-refractivity contribution in [2.75, 3.05) is 0 Å². The van der Waals surface area contributed by atoms with E-state index in [0.717, 1.165) is 10.0 Å². The summed E-state index contributed by atoms with van der Waals surface area (Å²) < 4.78 is 0.959. The number of carboxylic acid groups (broad SMARTS) is 1. The molecule has 1 aromatic rings. The van der Waals surface area contributed by atoms with Crippen molar-refractivity contribution in [3.8, 4) is 0 Å². The Hall–Kier alpha value is -0.740.